The zero-order valence-corrected chi connectivity index (χ0v) is 10.9. The molecule has 8 heteroatoms. The lowest BCUT2D eigenvalue weighted by Crippen LogP contribution is -2.34. The fraction of sp³-hybridized carbons (Fsp3) is 1.00. The largest absolute Gasteiger partial charge is 0.382 e. The number of rotatable bonds is 5. The highest BCUT2D eigenvalue weighted by Crippen LogP contribution is 2.46. The van der Waals surface area contributed by atoms with Gasteiger partial charge in [0.25, 0.3) is 0 Å². The summed E-state index contributed by atoms with van der Waals surface area (Å²) in [5.74, 6) is 0. The van der Waals surface area contributed by atoms with Crippen LogP contribution in [-0.4, -0.2) is 57.0 Å². The highest BCUT2D eigenvalue weighted by molar-refractivity contribution is 8.09. The number of hydrogen-bond acceptors (Lipinski definition) is 4. The van der Waals surface area contributed by atoms with E-state index in [0.29, 0.717) is 0 Å². The van der Waals surface area contributed by atoms with Crippen molar-refractivity contribution in [1.82, 2.24) is 0 Å². The summed E-state index contributed by atoms with van der Waals surface area (Å²) < 4.78 is 28.9. The average molecular weight is 268 g/mol. The number of hydrogen-bond donors (Lipinski definition) is 1. The molecule has 2 radical (unpaired) electrons. The maximum Gasteiger partial charge on any atom is 0.186 e. The zero-order valence-electron chi connectivity index (χ0n) is 9.21. The maximum absolute atomic E-state index is 13.7. The molecule has 0 aromatic heterocycles. The molecular formula is C8H15BFO4PS. The first-order chi connectivity index (χ1) is 7.41. The van der Waals surface area contributed by atoms with Crippen LogP contribution < -0.4 is 0 Å². The monoisotopic (exact) mass is 268 g/mol. The molecule has 1 aliphatic heterocycles. The SMILES string of the molecule is [B][C@@H]1O[C@H](COC)[C@H](OP(O)(=S)CC)C1F. The lowest BCUT2D eigenvalue weighted by molar-refractivity contribution is -0.0107. The molecule has 0 aromatic carbocycles. The third-order valence-electron chi connectivity index (χ3n) is 2.34. The van der Waals surface area contributed by atoms with Crippen LogP contribution >= 0.6 is 6.49 Å². The first kappa shape index (κ1) is 14.5. The second-order valence-corrected chi connectivity index (χ2v) is 7.39. The molecule has 16 heavy (non-hydrogen) atoms. The van der Waals surface area contributed by atoms with Crippen LogP contribution in [0, 0.1) is 0 Å². The summed E-state index contributed by atoms with van der Waals surface area (Å²) in [6.45, 7) is -1.11. The van der Waals surface area contributed by atoms with E-state index in [0.717, 1.165) is 0 Å². The van der Waals surface area contributed by atoms with Crippen molar-refractivity contribution in [3.8, 4) is 0 Å². The maximum atomic E-state index is 13.7. The molecule has 1 saturated heterocycles. The van der Waals surface area contributed by atoms with Gasteiger partial charge in [-0.1, -0.05) is 6.92 Å². The van der Waals surface area contributed by atoms with Crippen LogP contribution in [0.3, 0.4) is 0 Å². The van der Waals surface area contributed by atoms with Crippen LogP contribution in [0.2, 0.25) is 0 Å². The molecule has 1 aliphatic rings. The van der Waals surface area contributed by atoms with E-state index in [1.807, 2.05) is 0 Å². The van der Waals surface area contributed by atoms with Crippen molar-refractivity contribution in [2.75, 3.05) is 19.9 Å². The molecule has 92 valence electrons. The summed E-state index contributed by atoms with van der Waals surface area (Å²) in [4.78, 5) is 9.67. The smallest absolute Gasteiger partial charge is 0.186 e. The molecule has 2 unspecified atom stereocenters. The molecule has 0 spiro atoms. The van der Waals surface area contributed by atoms with Gasteiger partial charge in [0.1, 0.15) is 26.2 Å². The van der Waals surface area contributed by atoms with Gasteiger partial charge in [-0.25, -0.2) is 4.39 Å². The normalized spacial score (nSPS) is 38.5. The fourth-order valence-corrected chi connectivity index (χ4v) is 2.52. The Kier molecular flexibility index (Phi) is 5.36. The second kappa shape index (κ2) is 5.89. The lowest BCUT2D eigenvalue weighted by atomic mass is 9.94. The molecule has 5 atom stereocenters. The van der Waals surface area contributed by atoms with Gasteiger partial charge in [-0.3, -0.25) is 0 Å². The van der Waals surface area contributed by atoms with Crippen molar-refractivity contribution >= 4 is 26.1 Å². The third-order valence-corrected chi connectivity index (χ3v) is 4.75. The van der Waals surface area contributed by atoms with Gasteiger partial charge < -0.3 is 18.9 Å². The van der Waals surface area contributed by atoms with E-state index in [4.69, 9.17) is 33.7 Å². The second-order valence-electron chi connectivity index (χ2n) is 3.56. The van der Waals surface area contributed by atoms with E-state index < -0.39 is 30.9 Å². The van der Waals surface area contributed by atoms with Gasteiger partial charge in [0, 0.05) is 13.3 Å². The van der Waals surface area contributed by atoms with Crippen molar-refractivity contribution < 1.29 is 23.3 Å². The molecule has 0 aliphatic carbocycles. The van der Waals surface area contributed by atoms with Gasteiger partial charge in [0.05, 0.1) is 12.6 Å². The van der Waals surface area contributed by atoms with Gasteiger partial charge in [-0.15, -0.1) is 0 Å². The van der Waals surface area contributed by atoms with Gasteiger partial charge >= 0.3 is 0 Å². The van der Waals surface area contributed by atoms with Crippen LogP contribution in [0.1, 0.15) is 6.92 Å². The lowest BCUT2D eigenvalue weighted by Gasteiger charge is -2.24. The summed E-state index contributed by atoms with van der Waals surface area (Å²) >= 11 is 4.85. The topological polar surface area (TPSA) is 47.9 Å². The van der Waals surface area contributed by atoms with Crippen LogP contribution in [-0.2, 0) is 25.8 Å². The number of methoxy groups -OCH3 is 1. The Morgan fingerprint density at radius 3 is 2.75 bits per heavy atom. The van der Waals surface area contributed by atoms with E-state index in [1.54, 1.807) is 6.92 Å². The van der Waals surface area contributed by atoms with Gasteiger partial charge in [-0.05, 0) is 11.8 Å². The quantitative estimate of drug-likeness (QED) is 0.583. The molecule has 1 rings (SSSR count). The summed E-state index contributed by atoms with van der Waals surface area (Å²) in [6, 6.07) is -1.06. The summed E-state index contributed by atoms with van der Waals surface area (Å²) in [5, 5.41) is 0. The van der Waals surface area contributed by atoms with E-state index >= 15 is 0 Å². The van der Waals surface area contributed by atoms with Crippen molar-refractivity contribution in [1.29, 1.82) is 0 Å². The Morgan fingerprint density at radius 1 is 1.62 bits per heavy atom. The number of ether oxygens (including phenoxy) is 2. The van der Waals surface area contributed by atoms with Gasteiger partial charge in [-0.2, -0.15) is 0 Å². The molecule has 0 amide bonds. The summed E-state index contributed by atoms with van der Waals surface area (Å²) in [6.07, 6.45) is -2.80. The summed E-state index contributed by atoms with van der Waals surface area (Å²) in [7, 11) is 6.88. The van der Waals surface area contributed by atoms with E-state index in [-0.39, 0.29) is 12.8 Å². The van der Waals surface area contributed by atoms with Crippen molar-refractivity contribution in [2.45, 2.75) is 31.3 Å². The molecule has 0 saturated carbocycles. The fourth-order valence-electron chi connectivity index (χ4n) is 1.44. The van der Waals surface area contributed by atoms with Crippen molar-refractivity contribution in [2.24, 2.45) is 0 Å². The minimum atomic E-state index is -2.95. The molecule has 0 aromatic rings. The minimum Gasteiger partial charge on any atom is -0.382 e. The molecule has 1 fully saturated rings. The Balaban J connectivity index is 2.70. The molecular weight excluding hydrogens is 253 g/mol. The minimum absolute atomic E-state index is 0.151. The summed E-state index contributed by atoms with van der Waals surface area (Å²) in [5.41, 5.74) is 0. The van der Waals surface area contributed by atoms with Gasteiger partial charge in [0.2, 0.25) is 0 Å². The highest BCUT2D eigenvalue weighted by Gasteiger charge is 2.45. The number of halogens is 1. The Hall–Kier alpha value is 0.485. The number of alkyl halides is 1. The predicted molar refractivity (Wildman–Crippen MR) is 63.1 cm³/mol. The van der Waals surface area contributed by atoms with Crippen molar-refractivity contribution in [3.63, 3.8) is 0 Å². The van der Waals surface area contributed by atoms with Crippen LogP contribution in [0.25, 0.3) is 0 Å². The van der Waals surface area contributed by atoms with E-state index in [1.165, 1.54) is 7.11 Å². The first-order valence-corrected chi connectivity index (χ1v) is 7.81. The Morgan fingerprint density at radius 2 is 2.25 bits per heavy atom. The highest BCUT2D eigenvalue weighted by atomic mass is 32.5. The molecule has 4 nitrogen and oxygen atoms in total. The van der Waals surface area contributed by atoms with E-state index in [2.05, 4.69) is 0 Å². The molecule has 1 N–H and O–H groups in total. The van der Waals surface area contributed by atoms with Crippen LogP contribution in [0.5, 0.6) is 0 Å². The zero-order chi connectivity index (χ0) is 12.3. The molecule has 1 heterocycles. The average Bonchev–Trinajstić information content (AvgIpc) is 2.47. The Labute approximate surface area is 101 Å². The first-order valence-electron chi connectivity index (χ1n) is 4.95. The Bertz CT molecular complexity index is 283. The van der Waals surface area contributed by atoms with Crippen molar-refractivity contribution in [3.05, 3.63) is 0 Å². The third kappa shape index (κ3) is 3.49. The van der Waals surface area contributed by atoms with Crippen LogP contribution in [0.15, 0.2) is 0 Å². The van der Waals surface area contributed by atoms with E-state index in [9.17, 15) is 9.28 Å². The van der Waals surface area contributed by atoms with Gasteiger partial charge in [0.15, 0.2) is 6.49 Å². The predicted octanol–water partition coefficient (Wildman–Crippen LogP) is 0.571. The molecule has 0 bridgehead atoms. The van der Waals surface area contributed by atoms with Crippen LogP contribution in [0.4, 0.5) is 4.39 Å². The standard InChI is InChI=1S/C8H15BFO4PS/c1-3-15(11,16)14-7-5(4-12-2)13-8(9)6(7)10/h5-8H,3-4H2,1-2H3,(H,11,16)/t5-,6?,7+,8-,15?/m1/s1.